The highest BCUT2D eigenvalue weighted by molar-refractivity contribution is 5.41. The third-order valence-electron chi connectivity index (χ3n) is 4.96. The summed E-state index contributed by atoms with van der Waals surface area (Å²) in [6, 6.07) is 5.64. The fourth-order valence-electron chi connectivity index (χ4n) is 3.45. The summed E-state index contributed by atoms with van der Waals surface area (Å²) in [6.45, 7) is 4.60. The highest BCUT2D eigenvalue weighted by atomic mass is 16.5. The summed E-state index contributed by atoms with van der Waals surface area (Å²) < 4.78 is 10.7. The number of aliphatic hydroxyl groups is 1. The van der Waals surface area contributed by atoms with Gasteiger partial charge in [0.2, 0.25) is 0 Å². The van der Waals surface area contributed by atoms with Gasteiger partial charge in [-0.15, -0.1) is 0 Å². The molecule has 0 amide bonds. The van der Waals surface area contributed by atoms with Gasteiger partial charge < -0.3 is 14.6 Å². The molecule has 3 nitrogen and oxygen atoms in total. The van der Waals surface area contributed by atoms with E-state index in [1.807, 2.05) is 18.2 Å². The van der Waals surface area contributed by atoms with Crippen LogP contribution in [0.4, 0.5) is 0 Å². The molecule has 1 N–H and O–H groups in total. The Labute approximate surface area is 128 Å². The molecule has 1 aliphatic rings. The lowest BCUT2D eigenvalue weighted by molar-refractivity contribution is 0.0647. The van der Waals surface area contributed by atoms with Crippen molar-refractivity contribution in [3.8, 4) is 11.5 Å². The van der Waals surface area contributed by atoms with E-state index in [0.29, 0.717) is 5.92 Å². The first-order chi connectivity index (χ1) is 10.1. The normalized spacial score (nSPS) is 23.9. The molecule has 0 heterocycles. The molecule has 1 unspecified atom stereocenters. The predicted molar refractivity (Wildman–Crippen MR) is 84.8 cm³/mol. The molecule has 1 aromatic carbocycles. The van der Waals surface area contributed by atoms with Crippen molar-refractivity contribution in [1.29, 1.82) is 0 Å². The molecular weight excluding hydrogens is 264 g/mol. The van der Waals surface area contributed by atoms with E-state index in [1.165, 1.54) is 12.8 Å². The Hall–Kier alpha value is -1.22. The average molecular weight is 292 g/mol. The number of rotatable bonds is 5. The number of ether oxygens (including phenoxy) is 2. The fourth-order valence-corrected chi connectivity index (χ4v) is 3.45. The molecule has 0 aliphatic heterocycles. The van der Waals surface area contributed by atoms with Crippen molar-refractivity contribution < 1.29 is 14.6 Å². The highest BCUT2D eigenvalue weighted by Crippen LogP contribution is 2.42. The van der Waals surface area contributed by atoms with Crippen molar-refractivity contribution >= 4 is 0 Å². The van der Waals surface area contributed by atoms with Gasteiger partial charge in [0.15, 0.2) is 0 Å². The highest BCUT2D eigenvalue weighted by Gasteiger charge is 2.30. The topological polar surface area (TPSA) is 38.7 Å². The number of aliphatic hydroxyl groups excluding tert-OH is 1. The summed E-state index contributed by atoms with van der Waals surface area (Å²) in [5.74, 6) is 3.38. The third-order valence-corrected chi connectivity index (χ3v) is 4.96. The van der Waals surface area contributed by atoms with Gasteiger partial charge in [-0.2, -0.15) is 0 Å². The second-order valence-corrected chi connectivity index (χ2v) is 6.47. The molecule has 0 saturated heterocycles. The Kier molecular flexibility index (Phi) is 5.51. The summed E-state index contributed by atoms with van der Waals surface area (Å²) >= 11 is 0. The van der Waals surface area contributed by atoms with E-state index in [1.54, 1.807) is 14.2 Å². The third kappa shape index (κ3) is 3.70. The van der Waals surface area contributed by atoms with E-state index in [-0.39, 0.29) is 0 Å². The Morgan fingerprint density at radius 1 is 1.00 bits per heavy atom. The van der Waals surface area contributed by atoms with Gasteiger partial charge in [-0.1, -0.05) is 13.8 Å². The lowest BCUT2D eigenvalue weighted by atomic mass is 9.74. The minimum Gasteiger partial charge on any atom is -0.497 e. The van der Waals surface area contributed by atoms with Crippen LogP contribution in [0.25, 0.3) is 0 Å². The van der Waals surface area contributed by atoms with E-state index in [0.717, 1.165) is 41.7 Å². The monoisotopic (exact) mass is 292 g/mol. The van der Waals surface area contributed by atoms with Gasteiger partial charge in [0.1, 0.15) is 11.5 Å². The van der Waals surface area contributed by atoms with Crippen LogP contribution in [-0.4, -0.2) is 19.3 Å². The van der Waals surface area contributed by atoms with Crippen LogP contribution in [0.1, 0.15) is 51.2 Å². The largest absolute Gasteiger partial charge is 0.497 e. The zero-order valence-corrected chi connectivity index (χ0v) is 13.6. The summed E-state index contributed by atoms with van der Waals surface area (Å²) in [4.78, 5) is 0. The van der Waals surface area contributed by atoms with Crippen LogP contribution >= 0.6 is 0 Å². The minimum absolute atomic E-state index is 0.320. The molecule has 1 saturated carbocycles. The first-order valence-corrected chi connectivity index (χ1v) is 7.96. The van der Waals surface area contributed by atoms with Crippen molar-refractivity contribution in [2.75, 3.05) is 14.2 Å². The van der Waals surface area contributed by atoms with E-state index in [2.05, 4.69) is 13.8 Å². The molecule has 1 aliphatic carbocycles. The Morgan fingerprint density at radius 2 is 1.62 bits per heavy atom. The molecule has 2 rings (SSSR count). The molecule has 0 bridgehead atoms. The molecule has 118 valence electrons. The number of methoxy groups -OCH3 is 2. The van der Waals surface area contributed by atoms with Gasteiger partial charge in [-0.25, -0.2) is 0 Å². The van der Waals surface area contributed by atoms with Crippen LogP contribution in [0, 0.1) is 17.8 Å². The van der Waals surface area contributed by atoms with Gasteiger partial charge in [-0.05, 0) is 61.6 Å². The number of hydrogen-bond donors (Lipinski definition) is 1. The fraction of sp³-hybridized carbons (Fsp3) is 0.667. The van der Waals surface area contributed by atoms with Crippen LogP contribution in [-0.2, 0) is 0 Å². The van der Waals surface area contributed by atoms with Gasteiger partial charge in [0.05, 0.1) is 20.3 Å². The summed E-state index contributed by atoms with van der Waals surface area (Å²) in [5.41, 5.74) is 0.852. The van der Waals surface area contributed by atoms with Gasteiger partial charge >= 0.3 is 0 Å². The van der Waals surface area contributed by atoms with Crippen molar-refractivity contribution in [1.82, 2.24) is 0 Å². The van der Waals surface area contributed by atoms with E-state index >= 15 is 0 Å². The molecule has 1 aromatic rings. The summed E-state index contributed by atoms with van der Waals surface area (Å²) in [7, 11) is 3.29. The SMILES string of the molecule is COc1ccc(OC)c(C(O)C2CCC(C(C)C)CC2)c1. The van der Waals surface area contributed by atoms with Crippen molar-refractivity contribution in [2.45, 2.75) is 45.6 Å². The van der Waals surface area contributed by atoms with Crippen molar-refractivity contribution in [3.63, 3.8) is 0 Å². The van der Waals surface area contributed by atoms with Gasteiger partial charge in [-0.3, -0.25) is 0 Å². The standard InChI is InChI=1S/C18H28O3/c1-12(2)13-5-7-14(8-6-13)18(19)16-11-15(20-3)9-10-17(16)21-4/h9-14,18-19H,5-8H2,1-4H3. The second kappa shape index (κ2) is 7.17. The molecule has 21 heavy (non-hydrogen) atoms. The molecule has 1 fully saturated rings. The van der Waals surface area contributed by atoms with Gasteiger partial charge in [0.25, 0.3) is 0 Å². The van der Waals surface area contributed by atoms with E-state index < -0.39 is 6.10 Å². The average Bonchev–Trinajstić information content (AvgIpc) is 2.53. The molecular formula is C18H28O3. The van der Waals surface area contributed by atoms with Crippen molar-refractivity contribution in [3.05, 3.63) is 23.8 Å². The summed E-state index contributed by atoms with van der Waals surface area (Å²) in [5, 5.41) is 10.8. The van der Waals surface area contributed by atoms with Crippen LogP contribution in [0.3, 0.4) is 0 Å². The minimum atomic E-state index is -0.469. The number of hydrogen-bond acceptors (Lipinski definition) is 3. The van der Waals surface area contributed by atoms with Crippen LogP contribution in [0.5, 0.6) is 11.5 Å². The maximum atomic E-state index is 10.8. The molecule has 0 aromatic heterocycles. The quantitative estimate of drug-likeness (QED) is 0.884. The predicted octanol–water partition coefficient (Wildman–Crippen LogP) is 4.20. The van der Waals surface area contributed by atoms with Gasteiger partial charge in [0, 0.05) is 5.56 Å². The first-order valence-electron chi connectivity index (χ1n) is 7.96. The number of benzene rings is 1. The zero-order valence-electron chi connectivity index (χ0n) is 13.6. The van der Waals surface area contributed by atoms with E-state index in [4.69, 9.17) is 9.47 Å². The molecule has 3 heteroatoms. The smallest absolute Gasteiger partial charge is 0.124 e. The maximum Gasteiger partial charge on any atom is 0.124 e. The lowest BCUT2D eigenvalue weighted by Crippen LogP contribution is -2.23. The van der Waals surface area contributed by atoms with E-state index in [9.17, 15) is 5.11 Å². The van der Waals surface area contributed by atoms with Crippen LogP contribution in [0.15, 0.2) is 18.2 Å². The second-order valence-electron chi connectivity index (χ2n) is 6.47. The Bertz CT molecular complexity index is 448. The lowest BCUT2D eigenvalue weighted by Gasteiger charge is -2.33. The van der Waals surface area contributed by atoms with Crippen LogP contribution in [0.2, 0.25) is 0 Å². The Balaban J connectivity index is 2.11. The Morgan fingerprint density at radius 3 is 2.14 bits per heavy atom. The molecule has 0 radical (unpaired) electrons. The maximum absolute atomic E-state index is 10.8. The first kappa shape index (κ1) is 16.2. The zero-order chi connectivity index (χ0) is 15.4. The van der Waals surface area contributed by atoms with Crippen molar-refractivity contribution in [2.24, 2.45) is 17.8 Å². The van der Waals surface area contributed by atoms with Crippen LogP contribution < -0.4 is 9.47 Å². The molecule has 0 spiro atoms. The summed E-state index contributed by atoms with van der Waals surface area (Å²) in [6.07, 6.45) is 4.13. The molecule has 1 atom stereocenters.